The van der Waals surface area contributed by atoms with Gasteiger partial charge in [0.25, 0.3) is 5.79 Å². The Balaban J connectivity index is 1.61. The molecule has 21 atom stereocenters. The largest absolute Gasteiger partial charge is 0.477 e. The quantitative estimate of drug-likeness (QED) is 0.0825. The number of carbonyl (C=O) groups excluding carboxylic acids is 1. The van der Waals surface area contributed by atoms with Crippen molar-refractivity contribution in [2.24, 2.45) is 0 Å². The van der Waals surface area contributed by atoms with Crippen LogP contribution in [0, 0.1) is 0 Å². The summed E-state index contributed by atoms with van der Waals surface area (Å²) in [6.45, 7) is -0.671. The molecule has 4 rings (SSSR count). The van der Waals surface area contributed by atoms with E-state index < -0.39 is 166 Å². The van der Waals surface area contributed by atoms with Crippen molar-refractivity contribution in [1.82, 2.24) is 5.32 Å². The van der Waals surface area contributed by atoms with E-state index in [1.165, 1.54) is 6.92 Å². The molecular formula is C29H49NO23. The van der Waals surface area contributed by atoms with Gasteiger partial charge in [-0.25, -0.2) is 4.79 Å². The molecule has 4 aliphatic heterocycles. The summed E-state index contributed by atoms with van der Waals surface area (Å²) in [6, 6.07) is -1.63. The van der Waals surface area contributed by atoms with Gasteiger partial charge in [0.1, 0.15) is 91.5 Å². The normalized spacial score (nSPS) is 47.8. The van der Waals surface area contributed by atoms with Crippen LogP contribution in [0.25, 0.3) is 0 Å². The van der Waals surface area contributed by atoms with Crippen LogP contribution in [-0.4, -0.2) is 232 Å². The Morgan fingerprint density at radius 2 is 1.40 bits per heavy atom. The van der Waals surface area contributed by atoms with Gasteiger partial charge in [0.05, 0.1) is 32.0 Å². The maximum absolute atomic E-state index is 12.8. The van der Waals surface area contributed by atoms with Gasteiger partial charge >= 0.3 is 5.97 Å². The van der Waals surface area contributed by atoms with E-state index in [-0.39, 0.29) is 0 Å². The summed E-state index contributed by atoms with van der Waals surface area (Å²) in [6.07, 6.45) is -36.4. The molecule has 24 nitrogen and oxygen atoms in total. The van der Waals surface area contributed by atoms with Crippen LogP contribution < -0.4 is 5.32 Å². The van der Waals surface area contributed by atoms with Crippen LogP contribution in [-0.2, 0) is 42.7 Å². The molecule has 0 aromatic carbocycles. The maximum Gasteiger partial charge on any atom is 0.364 e. The summed E-state index contributed by atoms with van der Waals surface area (Å²) in [4.78, 5) is 24.8. The van der Waals surface area contributed by atoms with Crippen LogP contribution in [0.1, 0.15) is 20.3 Å². The molecule has 4 fully saturated rings. The highest BCUT2D eigenvalue weighted by Gasteiger charge is 2.59. The average Bonchev–Trinajstić information content (AvgIpc) is 3.11. The smallest absolute Gasteiger partial charge is 0.364 e. The van der Waals surface area contributed by atoms with Crippen LogP contribution in [0.4, 0.5) is 0 Å². The second-order valence-electron chi connectivity index (χ2n) is 13.3. The number of hydrogen-bond acceptors (Lipinski definition) is 22. The molecule has 0 aliphatic carbocycles. The van der Waals surface area contributed by atoms with Gasteiger partial charge in [0.15, 0.2) is 18.9 Å². The zero-order valence-electron chi connectivity index (χ0n) is 28.3. The van der Waals surface area contributed by atoms with E-state index in [4.69, 9.17) is 33.2 Å². The number of carbonyl (C=O) groups is 2. The lowest BCUT2D eigenvalue weighted by Gasteiger charge is -2.49. The van der Waals surface area contributed by atoms with Crippen molar-refractivity contribution >= 4 is 11.9 Å². The molecule has 24 heteroatoms. The van der Waals surface area contributed by atoms with Crippen molar-refractivity contribution in [3.05, 3.63) is 0 Å². The topological polar surface area (TPSA) is 394 Å². The fraction of sp³-hybridized carbons (Fsp3) is 0.931. The number of hydrogen-bond donors (Lipinski definition) is 15. The molecule has 0 spiro atoms. The number of nitrogens with one attached hydrogen (secondary N) is 1. The first-order valence-electron chi connectivity index (χ1n) is 16.6. The van der Waals surface area contributed by atoms with E-state index in [0.29, 0.717) is 0 Å². The van der Waals surface area contributed by atoms with Gasteiger partial charge in [0, 0.05) is 13.3 Å². The minimum absolute atomic E-state index is 0.773. The third kappa shape index (κ3) is 9.24. The van der Waals surface area contributed by atoms with E-state index >= 15 is 0 Å². The standard InChI is InChI=1S/C29H49NO23/c1-7-14(35)19(40)21(42)26(48-7)50-10-3-29(28(45)46,53-24(17(10)38)15(36)9(34)4-31)47-6-12-18(39)23(13(25(44)49-12)30-8(2)33)52-27-22(43)20(41)16(37)11(5-32)51-27/h7,9-27,31-32,34-44H,3-6H2,1-2H3,(H,30,33)(H,45,46)/t7-,9+,10-,11+,12+,13+,14+,15+,16-,17+,18-,19+,20-,21-,22+,23+,24-,25-,26-,27+,29+/m0/s1. The number of ether oxygens (including phenoxy) is 7. The Hall–Kier alpha value is -1.86. The Morgan fingerprint density at radius 3 is 1.96 bits per heavy atom. The predicted octanol–water partition coefficient (Wildman–Crippen LogP) is -9.37. The number of amides is 1. The third-order valence-corrected chi connectivity index (χ3v) is 9.56. The van der Waals surface area contributed by atoms with Gasteiger partial charge in [-0.2, -0.15) is 0 Å². The highest BCUT2D eigenvalue weighted by atomic mass is 16.8. The van der Waals surface area contributed by atoms with Crippen LogP contribution in [0.3, 0.4) is 0 Å². The zero-order valence-corrected chi connectivity index (χ0v) is 28.3. The van der Waals surface area contributed by atoms with Crippen LogP contribution in [0.5, 0.6) is 0 Å². The van der Waals surface area contributed by atoms with Gasteiger partial charge in [-0.1, -0.05) is 0 Å². The summed E-state index contributed by atoms with van der Waals surface area (Å²) in [7, 11) is 0. The zero-order chi connectivity index (χ0) is 39.7. The minimum atomic E-state index is -3.00. The molecule has 0 aromatic heterocycles. The van der Waals surface area contributed by atoms with E-state index in [1.54, 1.807) is 0 Å². The first kappa shape index (κ1) is 43.9. The van der Waals surface area contributed by atoms with E-state index in [9.17, 15) is 81.1 Å². The van der Waals surface area contributed by atoms with Crippen LogP contribution in [0.15, 0.2) is 0 Å². The molecule has 53 heavy (non-hydrogen) atoms. The molecule has 4 aliphatic rings. The molecule has 1 amide bonds. The number of carboxylic acid groups (broad SMARTS) is 1. The molecule has 0 radical (unpaired) electrons. The third-order valence-electron chi connectivity index (χ3n) is 9.56. The molecule has 308 valence electrons. The Morgan fingerprint density at radius 1 is 0.792 bits per heavy atom. The molecular weight excluding hydrogens is 730 g/mol. The molecule has 0 bridgehead atoms. The second-order valence-corrected chi connectivity index (χ2v) is 13.3. The van der Waals surface area contributed by atoms with Crippen molar-refractivity contribution < 1.29 is 114 Å². The van der Waals surface area contributed by atoms with Gasteiger partial charge in [-0.3, -0.25) is 4.79 Å². The minimum Gasteiger partial charge on any atom is -0.477 e. The lowest BCUT2D eigenvalue weighted by Crippen LogP contribution is -2.69. The van der Waals surface area contributed by atoms with Gasteiger partial charge in [-0.05, 0) is 6.92 Å². The van der Waals surface area contributed by atoms with Crippen molar-refractivity contribution in [3.8, 4) is 0 Å². The first-order chi connectivity index (χ1) is 24.8. The number of aliphatic hydroxyl groups is 13. The molecule has 0 saturated carbocycles. The number of aliphatic hydroxyl groups excluding tert-OH is 13. The molecule has 15 N–H and O–H groups in total. The molecule has 4 saturated heterocycles. The average molecular weight is 780 g/mol. The molecule has 4 heterocycles. The number of rotatable bonds is 13. The first-order valence-corrected chi connectivity index (χ1v) is 16.6. The highest BCUT2D eigenvalue weighted by Crippen LogP contribution is 2.38. The van der Waals surface area contributed by atoms with Crippen molar-refractivity contribution in [2.45, 2.75) is 149 Å². The van der Waals surface area contributed by atoms with Crippen molar-refractivity contribution in [3.63, 3.8) is 0 Å². The lowest BCUT2D eigenvalue weighted by atomic mass is 9.90. The predicted molar refractivity (Wildman–Crippen MR) is 161 cm³/mol. The Labute approximate surface area is 300 Å². The SMILES string of the molecule is CC(=O)N[C@@H]1[C@@H](O[C@H]2O[C@H](CO)[C@H](O)[C@H](O)[C@H]2O)[C@@H](O)[C@@H](CO[C@]2(C(=O)O)C[C@H](O[C@@H]3O[C@@H](C)[C@@H](O)[C@@H](O)[C@@H]3O)[C@@H](O)[C@H]([C@H](O)[C@H](O)CO)O2)O[C@@H]1O. The number of carboxylic acids is 1. The van der Waals surface area contributed by atoms with Gasteiger partial charge in [0.2, 0.25) is 5.91 Å². The van der Waals surface area contributed by atoms with Gasteiger partial charge < -0.3 is 110 Å². The highest BCUT2D eigenvalue weighted by molar-refractivity contribution is 5.76. The van der Waals surface area contributed by atoms with Crippen molar-refractivity contribution in [1.29, 1.82) is 0 Å². The van der Waals surface area contributed by atoms with Crippen LogP contribution >= 0.6 is 0 Å². The summed E-state index contributed by atoms with van der Waals surface area (Å²) in [5, 5.41) is 147. The summed E-state index contributed by atoms with van der Waals surface area (Å²) >= 11 is 0. The maximum atomic E-state index is 12.8. The van der Waals surface area contributed by atoms with E-state index in [1.807, 2.05) is 0 Å². The fourth-order valence-electron chi connectivity index (χ4n) is 6.43. The second kappa shape index (κ2) is 17.9. The summed E-state index contributed by atoms with van der Waals surface area (Å²) in [5.74, 6) is -5.73. The molecule has 0 aromatic rings. The number of aliphatic carboxylic acids is 1. The van der Waals surface area contributed by atoms with E-state index in [0.717, 1.165) is 6.92 Å². The Kier molecular flexibility index (Phi) is 14.9. The van der Waals surface area contributed by atoms with E-state index in [2.05, 4.69) is 5.32 Å². The monoisotopic (exact) mass is 779 g/mol. The fourth-order valence-corrected chi connectivity index (χ4v) is 6.43. The molecule has 0 unspecified atom stereocenters. The summed E-state index contributed by atoms with van der Waals surface area (Å²) in [5.41, 5.74) is 0. The summed E-state index contributed by atoms with van der Waals surface area (Å²) < 4.78 is 38.5. The van der Waals surface area contributed by atoms with Crippen LogP contribution in [0.2, 0.25) is 0 Å². The lowest BCUT2D eigenvalue weighted by molar-refractivity contribution is -0.370. The van der Waals surface area contributed by atoms with Crippen molar-refractivity contribution in [2.75, 3.05) is 19.8 Å². The van der Waals surface area contributed by atoms with Gasteiger partial charge in [-0.15, -0.1) is 0 Å². The Bertz CT molecular complexity index is 1220.